The van der Waals surface area contributed by atoms with E-state index >= 15 is 0 Å². The lowest BCUT2D eigenvalue weighted by Gasteiger charge is -2.32. The van der Waals surface area contributed by atoms with Crippen molar-refractivity contribution in [2.24, 2.45) is 14.1 Å². The summed E-state index contributed by atoms with van der Waals surface area (Å²) in [5, 5.41) is 24.8. The van der Waals surface area contributed by atoms with Gasteiger partial charge in [0, 0.05) is 25.7 Å². The molecule has 0 saturated heterocycles. The van der Waals surface area contributed by atoms with Gasteiger partial charge >= 0.3 is 5.69 Å². The van der Waals surface area contributed by atoms with Crippen LogP contribution in [-0.2, 0) is 14.1 Å². The van der Waals surface area contributed by atoms with Gasteiger partial charge in [-0.05, 0) is 54.8 Å². The second kappa shape index (κ2) is 7.89. The number of rotatable bonds is 2. The average molecular weight is 495 g/mol. The van der Waals surface area contributed by atoms with Gasteiger partial charge in [-0.25, -0.2) is 4.79 Å². The number of nitrogens with zero attached hydrogens (tertiary/aromatic N) is 3. The first-order valence-corrected chi connectivity index (χ1v) is 12.0. The van der Waals surface area contributed by atoms with E-state index in [0.717, 1.165) is 32.6 Å². The number of anilines is 1. The van der Waals surface area contributed by atoms with Gasteiger partial charge < -0.3 is 20.1 Å². The number of aryl methyl sites for hydroxylation is 3. The van der Waals surface area contributed by atoms with Crippen LogP contribution in [0.25, 0.3) is 27.8 Å². The first kappa shape index (κ1) is 22.7. The van der Waals surface area contributed by atoms with Gasteiger partial charge in [-0.2, -0.15) is 0 Å². The van der Waals surface area contributed by atoms with Gasteiger partial charge in [0.2, 0.25) is 0 Å². The van der Waals surface area contributed by atoms with E-state index in [1.165, 1.54) is 23.7 Å². The van der Waals surface area contributed by atoms with Crippen molar-refractivity contribution in [2.75, 3.05) is 5.32 Å². The van der Waals surface area contributed by atoms with Crippen LogP contribution in [0.4, 0.5) is 5.69 Å². The van der Waals surface area contributed by atoms with Gasteiger partial charge in [0.25, 0.3) is 5.56 Å². The summed E-state index contributed by atoms with van der Waals surface area (Å²) in [5.74, 6) is -0.156. The third kappa shape index (κ3) is 3.15. The van der Waals surface area contributed by atoms with Crippen LogP contribution in [0.3, 0.4) is 0 Å². The molecule has 8 heteroatoms. The number of aromatic nitrogens is 3. The molecule has 1 unspecified atom stereocenters. The van der Waals surface area contributed by atoms with Gasteiger partial charge in [-0.15, -0.1) is 0 Å². The third-order valence-electron chi connectivity index (χ3n) is 7.41. The molecule has 5 aromatic rings. The van der Waals surface area contributed by atoms with E-state index in [1.807, 2.05) is 48.7 Å². The molecule has 1 atom stereocenters. The lowest BCUT2D eigenvalue weighted by Crippen LogP contribution is -2.37. The van der Waals surface area contributed by atoms with Gasteiger partial charge in [0.05, 0.1) is 39.7 Å². The third-order valence-corrected chi connectivity index (χ3v) is 7.41. The molecule has 3 heterocycles. The number of hydrogen-bond acceptors (Lipinski definition) is 5. The van der Waals surface area contributed by atoms with Crippen molar-refractivity contribution in [1.82, 2.24) is 13.7 Å². The Morgan fingerprint density at radius 2 is 1.57 bits per heavy atom. The van der Waals surface area contributed by atoms with Crippen LogP contribution >= 0.6 is 0 Å². The smallest absolute Gasteiger partial charge is 0.331 e. The summed E-state index contributed by atoms with van der Waals surface area (Å²) in [4.78, 5) is 26.9. The predicted molar refractivity (Wildman–Crippen MR) is 144 cm³/mol. The molecule has 0 fully saturated rings. The number of aromatic hydroxyl groups is 2. The van der Waals surface area contributed by atoms with Crippen molar-refractivity contribution < 1.29 is 10.2 Å². The number of phenols is 2. The molecule has 3 aromatic carbocycles. The molecular formula is C29H26N4O4. The average Bonchev–Trinajstić information content (AvgIpc) is 3.24. The normalized spacial score (nSPS) is 14.3. The van der Waals surface area contributed by atoms with Crippen LogP contribution in [0.15, 0.2) is 70.3 Å². The van der Waals surface area contributed by atoms with E-state index in [9.17, 15) is 19.8 Å². The molecule has 0 amide bonds. The van der Waals surface area contributed by atoms with Crippen molar-refractivity contribution >= 4 is 16.6 Å². The predicted octanol–water partition coefficient (Wildman–Crippen LogP) is 4.24. The standard InChI is InChI=1S/C29H26N4O4/c1-15-12-20-21(13-16(15)2)33-25(17-8-6-5-7-9-17)23-26(31(3)29(37)32(4)28(23)36)27(33)24(30-20)19-11-10-18(34)14-22(19)35/h5-14,24,30,34-35H,1-4H3. The maximum Gasteiger partial charge on any atom is 0.331 e. The van der Waals surface area contributed by atoms with Crippen molar-refractivity contribution in [3.63, 3.8) is 0 Å². The van der Waals surface area contributed by atoms with Crippen molar-refractivity contribution in [2.45, 2.75) is 19.9 Å². The largest absolute Gasteiger partial charge is 0.508 e. The molecule has 0 spiro atoms. The fourth-order valence-corrected chi connectivity index (χ4v) is 5.41. The fourth-order valence-electron chi connectivity index (χ4n) is 5.41. The molecular weight excluding hydrogens is 468 g/mol. The van der Waals surface area contributed by atoms with Crippen molar-refractivity contribution in [3.8, 4) is 28.4 Å². The van der Waals surface area contributed by atoms with Crippen molar-refractivity contribution in [1.29, 1.82) is 0 Å². The first-order chi connectivity index (χ1) is 17.7. The summed E-state index contributed by atoms with van der Waals surface area (Å²) in [7, 11) is 3.14. The number of phenolic OH excluding ortho intramolecular Hbond substituents is 2. The molecule has 3 N–H and O–H groups in total. The van der Waals surface area contributed by atoms with E-state index in [-0.39, 0.29) is 11.5 Å². The minimum absolute atomic E-state index is 0.0598. The molecule has 37 heavy (non-hydrogen) atoms. The first-order valence-electron chi connectivity index (χ1n) is 12.0. The van der Waals surface area contributed by atoms with Gasteiger partial charge in [-0.1, -0.05) is 30.3 Å². The van der Waals surface area contributed by atoms with Crippen LogP contribution in [0.2, 0.25) is 0 Å². The van der Waals surface area contributed by atoms with Crippen molar-refractivity contribution in [3.05, 3.63) is 104 Å². The van der Waals surface area contributed by atoms with Gasteiger partial charge in [-0.3, -0.25) is 13.9 Å². The molecule has 0 aliphatic carbocycles. The van der Waals surface area contributed by atoms with Crippen LogP contribution < -0.4 is 16.6 Å². The fraction of sp³-hybridized carbons (Fsp3) is 0.172. The Bertz CT molecular complexity index is 1860. The summed E-state index contributed by atoms with van der Waals surface area (Å²) >= 11 is 0. The monoisotopic (exact) mass is 494 g/mol. The number of benzene rings is 3. The summed E-state index contributed by atoms with van der Waals surface area (Å²) < 4.78 is 4.66. The molecule has 1 aliphatic rings. The van der Waals surface area contributed by atoms with E-state index in [0.29, 0.717) is 27.9 Å². The quantitative estimate of drug-likeness (QED) is 0.341. The second-order valence-corrected chi connectivity index (χ2v) is 9.64. The molecule has 0 radical (unpaired) electrons. The highest BCUT2D eigenvalue weighted by Crippen LogP contribution is 2.47. The lowest BCUT2D eigenvalue weighted by molar-refractivity contribution is 0.444. The Labute approximate surface area is 212 Å². The van der Waals surface area contributed by atoms with Crippen LogP contribution in [0.1, 0.15) is 28.4 Å². The Morgan fingerprint density at radius 3 is 2.27 bits per heavy atom. The zero-order valence-electron chi connectivity index (χ0n) is 20.9. The molecule has 2 aromatic heterocycles. The highest BCUT2D eigenvalue weighted by molar-refractivity contribution is 5.99. The van der Waals surface area contributed by atoms with Gasteiger partial charge in [0.15, 0.2) is 0 Å². The molecule has 186 valence electrons. The van der Waals surface area contributed by atoms with Crippen LogP contribution in [-0.4, -0.2) is 23.9 Å². The number of hydrogen-bond donors (Lipinski definition) is 3. The minimum atomic E-state index is -0.618. The van der Waals surface area contributed by atoms with Crippen LogP contribution in [0, 0.1) is 13.8 Å². The Kier molecular flexibility index (Phi) is 4.85. The second-order valence-electron chi connectivity index (χ2n) is 9.64. The SMILES string of the molecule is Cc1cc2c(cc1C)-n1c(-c3ccccc3)c3c(=O)n(C)c(=O)n(C)c3c1C(c1ccc(O)cc1O)N2. The maximum atomic E-state index is 13.7. The molecule has 0 bridgehead atoms. The lowest BCUT2D eigenvalue weighted by atomic mass is 9.97. The molecule has 8 nitrogen and oxygen atoms in total. The molecule has 6 rings (SSSR count). The highest BCUT2D eigenvalue weighted by atomic mass is 16.3. The van der Waals surface area contributed by atoms with Gasteiger partial charge in [0.1, 0.15) is 11.5 Å². The van der Waals surface area contributed by atoms with E-state index < -0.39 is 17.3 Å². The Hall–Kier alpha value is -4.72. The Morgan fingerprint density at radius 1 is 0.865 bits per heavy atom. The number of nitrogens with one attached hydrogen (secondary N) is 1. The van der Waals surface area contributed by atoms with Crippen LogP contribution in [0.5, 0.6) is 11.5 Å². The van der Waals surface area contributed by atoms with E-state index in [4.69, 9.17) is 0 Å². The number of fused-ring (bicyclic) bond motifs is 5. The summed E-state index contributed by atoms with van der Waals surface area (Å²) in [6.07, 6.45) is 0. The Balaban J connectivity index is 1.88. The highest BCUT2D eigenvalue weighted by Gasteiger charge is 2.36. The minimum Gasteiger partial charge on any atom is -0.508 e. The van der Waals surface area contributed by atoms with E-state index in [2.05, 4.69) is 17.4 Å². The zero-order valence-corrected chi connectivity index (χ0v) is 20.9. The molecule has 0 saturated carbocycles. The van der Waals surface area contributed by atoms with E-state index in [1.54, 1.807) is 13.1 Å². The molecule has 1 aliphatic heterocycles. The summed E-state index contributed by atoms with van der Waals surface area (Å²) in [6, 6.07) is 17.6. The zero-order chi connectivity index (χ0) is 26.2. The summed E-state index contributed by atoms with van der Waals surface area (Å²) in [5.41, 5.74) is 6.16. The summed E-state index contributed by atoms with van der Waals surface area (Å²) in [6.45, 7) is 4.07. The maximum absolute atomic E-state index is 13.7. The topological polar surface area (TPSA) is 101 Å².